The number of rotatable bonds is 0. The summed E-state index contributed by atoms with van der Waals surface area (Å²) in [5, 5.41) is 20.1. The summed E-state index contributed by atoms with van der Waals surface area (Å²) in [5.74, 6) is 0.0832. The molecule has 0 heterocycles. The van der Waals surface area contributed by atoms with Gasteiger partial charge in [0.15, 0.2) is 0 Å². The van der Waals surface area contributed by atoms with E-state index >= 15 is 0 Å². The van der Waals surface area contributed by atoms with Crippen molar-refractivity contribution in [3.8, 4) is 11.5 Å². The fourth-order valence-electron chi connectivity index (χ4n) is 1.38. The molecule has 13 heavy (non-hydrogen) atoms. The third-order valence-electron chi connectivity index (χ3n) is 2.04. The second-order valence-corrected chi connectivity index (χ2v) is 2.87. The third kappa shape index (κ3) is 1.05. The van der Waals surface area contributed by atoms with E-state index in [4.69, 9.17) is 5.73 Å². The minimum absolute atomic E-state index is 0.00556. The lowest BCUT2D eigenvalue weighted by Crippen LogP contribution is -1.87. The Bertz CT molecular complexity index is 466. The predicted octanol–water partition coefficient (Wildman–Crippen LogP) is 1.83. The van der Waals surface area contributed by atoms with E-state index in [0.717, 1.165) is 5.39 Å². The van der Waals surface area contributed by atoms with Crippen molar-refractivity contribution in [1.29, 1.82) is 0 Å². The van der Waals surface area contributed by atoms with Crippen molar-refractivity contribution in [2.45, 2.75) is 0 Å². The molecule has 0 aliphatic heterocycles. The summed E-state index contributed by atoms with van der Waals surface area (Å²) in [5.41, 5.74) is 5.83. The molecule has 0 aromatic heterocycles. The van der Waals surface area contributed by atoms with Crippen LogP contribution in [0.3, 0.4) is 0 Å². The van der Waals surface area contributed by atoms with Crippen molar-refractivity contribution < 1.29 is 10.2 Å². The molecule has 2 aromatic carbocycles. The first kappa shape index (κ1) is 7.73. The summed E-state index contributed by atoms with van der Waals surface area (Å²) in [6.45, 7) is 0. The van der Waals surface area contributed by atoms with Crippen molar-refractivity contribution in [3.05, 3.63) is 30.3 Å². The number of fused-ring (bicyclic) bond motifs is 1. The molecule has 0 atom stereocenters. The van der Waals surface area contributed by atoms with Crippen molar-refractivity contribution in [3.63, 3.8) is 0 Å². The number of nitrogens with two attached hydrogens (primary N) is 1. The molecule has 0 radical (unpaired) electrons. The molecule has 4 N–H and O–H groups in total. The van der Waals surface area contributed by atoms with Gasteiger partial charge in [0, 0.05) is 0 Å². The van der Waals surface area contributed by atoms with Crippen LogP contribution in [0, 0.1) is 0 Å². The summed E-state index contributed by atoms with van der Waals surface area (Å²) >= 11 is 0. The molecule has 3 nitrogen and oxygen atoms in total. The monoisotopic (exact) mass is 175 g/mol. The van der Waals surface area contributed by atoms with Crippen molar-refractivity contribution >= 4 is 16.5 Å². The standard InChI is InChI=1S/C10H9NO2/c11-10-8(13)5-4-6-2-1-3-7(12)9(6)10/h1-5,12-13H,11H2. The Kier molecular flexibility index (Phi) is 1.52. The maximum atomic E-state index is 9.49. The van der Waals surface area contributed by atoms with Gasteiger partial charge in [0.05, 0.1) is 11.1 Å². The quantitative estimate of drug-likeness (QED) is 0.422. The Morgan fingerprint density at radius 2 is 1.69 bits per heavy atom. The van der Waals surface area contributed by atoms with Crippen LogP contribution in [-0.4, -0.2) is 10.2 Å². The van der Waals surface area contributed by atoms with Gasteiger partial charge < -0.3 is 15.9 Å². The topological polar surface area (TPSA) is 66.5 Å². The molecule has 0 saturated heterocycles. The molecule has 0 aliphatic rings. The molecular formula is C10H9NO2. The zero-order chi connectivity index (χ0) is 9.42. The first-order valence-electron chi connectivity index (χ1n) is 3.89. The fraction of sp³-hybridized carbons (Fsp3) is 0. The van der Waals surface area contributed by atoms with Gasteiger partial charge in [-0.05, 0) is 17.5 Å². The molecule has 0 fully saturated rings. The number of anilines is 1. The van der Waals surface area contributed by atoms with Crippen LogP contribution < -0.4 is 5.73 Å². The van der Waals surface area contributed by atoms with Crippen LogP contribution in [-0.2, 0) is 0 Å². The number of phenolic OH excluding ortho intramolecular Hbond substituents is 2. The molecule has 0 spiro atoms. The van der Waals surface area contributed by atoms with Crippen LogP contribution in [0.15, 0.2) is 30.3 Å². The molecular weight excluding hydrogens is 166 g/mol. The number of hydrogen-bond donors (Lipinski definition) is 3. The molecule has 66 valence electrons. The zero-order valence-corrected chi connectivity index (χ0v) is 6.86. The van der Waals surface area contributed by atoms with E-state index < -0.39 is 0 Å². The minimum atomic E-state index is -0.00556. The van der Waals surface area contributed by atoms with Crippen molar-refractivity contribution in [2.75, 3.05) is 5.73 Å². The average molecular weight is 175 g/mol. The van der Waals surface area contributed by atoms with E-state index in [0.29, 0.717) is 5.39 Å². The van der Waals surface area contributed by atoms with Gasteiger partial charge in [0.1, 0.15) is 11.5 Å². The maximum absolute atomic E-state index is 9.49. The van der Waals surface area contributed by atoms with Gasteiger partial charge in [-0.15, -0.1) is 0 Å². The molecule has 0 bridgehead atoms. The highest BCUT2D eigenvalue weighted by Crippen LogP contribution is 2.34. The molecule has 0 aliphatic carbocycles. The first-order chi connectivity index (χ1) is 6.20. The number of aromatic hydroxyl groups is 2. The second kappa shape index (κ2) is 2.55. The van der Waals surface area contributed by atoms with E-state index in [2.05, 4.69) is 0 Å². The first-order valence-corrected chi connectivity index (χ1v) is 3.89. The lowest BCUT2D eigenvalue weighted by Gasteiger charge is -2.05. The normalized spacial score (nSPS) is 10.5. The van der Waals surface area contributed by atoms with Gasteiger partial charge in [0.25, 0.3) is 0 Å². The lowest BCUT2D eigenvalue weighted by molar-refractivity contribution is 0.474. The minimum Gasteiger partial charge on any atom is -0.507 e. The van der Waals surface area contributed by atoms with Gasteiger partial charge >= 0.3 is 0 Å². The van der Waals surface area contributed by atoms with Crippen LogP contribution in [0.2, 0.25) is 0 Å². The highest BCUT2D eigenvalue weighted by molar-refractivity contribution is 5.99. The van der Waals surface area contributed by atoms with Gasteiger partial charge in [0.2, 0.25) is 0 Å². The fourth-order valence-corrected chi connectivity index (χ4v) is 1.38. The molecule has 0 amide bonds. The van der Waals surface area contributed by atoms with E-state index in [1.165, 1.54) is 12.1 Å². The van der Waals surface area contributed by atoms with Gasteiger partial charge in [-0.1, -0.05) is 18.2 Å². The van der Waals surface area contributed by atoms with Gasteiger partial charge in [-0.3, -0.25) is 0 Å². The second-order valence-electron chi connectivity index (χ2n) is 2.87. The van der Waals surface area contributed by atoms with Gasteiger partial charge in [-0.2, -0.15) is 0 Å². The largest absolute Gasteiger partial charge is 0.507 e. The van der Waals surface area contributed by atoms with Crippen LogP contribution in [0.4, 0.5) is 5.69 Å². The molecule has 0 unspecified atom stereocenters. The predicted molar refractivity (Wildman–Crippen MR) is 51.7 cm³/mol. The van der Waals surface area contributed by atoms with Crippen molar-refractivity contribution in [1.82, 2.24) is 0 Å². The summed E-state index contributed by atoms with van der Waals surface area (Å²) in [4.78, 5) is 0. The van der Waals surface area contributed by atoms with Crippen LogP contribution in [0.5, 0.6) is 11.5 Å². The molecule has 0 saturated carbocycles. The Balaban J connectivity index is 2.97. The summed E-state index contributed by atoms with van der Waals surface area (Å²) in [6.07, 6.45) is 0. The van der Waals surface area contributed by atoms with E-state index in [9.17, 15) is 10.2 Å². The summed E-state index contributed by atoms with van der Waals surface area (Å²) in [6, 6.07) is 8.31. The highest BCUT2D eigenvalue weighted by atomic mass is 16.3. The number of benzene rings is 2. The average Bonchev–Trinajstić information content (AvgIpc) is 2.12. The smallest absolute Gasteiger partial charge is 0.139 e. The Labute approximate surface area is 75.0 Å². The summed E-state index contributed by atoms with van der Waals surface area (Å²) in [7, 11) is 0. The van der Waals surface area contributed by atoms with E-state index in [-0.39, 0.29) is 17.2 Å². The van der Waals surface area contributed by atoms with Crippen LogP contribution >= 0.6 is 0 Å². The number of nitrogen functional groups attached to an aromatic ring is 1. The molecule has 3 heteroatoms. The highest BCUT2D eigenvalue weighted by Gasteiger charge is 2.06. The summed E-state index contributed by atoms with van der Waals surface area (Å²) < 4.78 is 0. The van der Waals surface area contributed by atoms with Crippen LogP contribution in [0.1, 0.15) is 0 Å². The Hall–Kier alpha value is -1.90. The lowest BCUT2D eigenvalue weighted by atomic mass is 10.1. The van der Waals surface area contributed by atoms with E-state index in [1.54, 1.807) is 12.1 Å². The Morgan fingerprint density at radius 3 is 2.46 bits per heavy atom. The SMILES string of the molecule is Nc1c(O)ccc2cccc(O)c12. The Morgan fingerprint density at radius 1 is 0.923 bits per heavy atom. The number of hydrogen-bond acceptors (Lipinski definition) is 3. The van der Waals surface area contributed by atoms with E-state index in [1.807, 2.05) is 6.07 Å². The van der Waals surface area contributed by atoms with Crippen LogP contribution in [0.25, 0.3) is 10.8 Å². The van der Waals surface area contributed by atoms with Gasteiger partial charge in [-0.25, -0.2) is 0 Å². The zero-order valence-electron chi connectivity index (χ0n) is 6.86. The van der Waals surface area contributed by atoms with Crippen molar-refractivity contribution in [2.24, 2.45) is 0 Å². The maximum Gasteiger partial charge on any atom is 0.139 e. The molecule has 2 rings (SSSR count). The molecule has 2 aromatic rings. The number of phenols is 2. The third-order valence-corrected chi connectivity index (χ3v) is 2.04.